The van der Waals surface area contributed by atoms with Gasteiger partial charge in [-0.25, -0.2) is 9.49 Å². The summed E-state index contributed by atoms with van der Waals surface area (Å²) in [5, 5.41) is 6.22. The quantitative estimate of drug-likeness (QED) is 0.745. The summed E-state index contributed by atoms with van der Waals surface area (Å²) >= 11 is 0. The average molecular weight is 195 g/mol. The van der Waals surface area contributed by atoms with Crippen molar-refractivity contribution < 1.29 is 4.39 Å². The van der Waals surface area contributed by atoms with Crippen LogP contribution in [0.1, 0.15) is 25.6 Å². The SMILES string of the molecule is CC(C)c1n[nH]c(=O)c2cc(F)cn12. The van der Waals surface area contributed by atoms with Crippen LogP contribution in [0.2, 0.25) is 0 Å². The molecular formula is C9H10FN3O. The third-order valence-corrected chi connectivity index (χ3v) is 2.05. The van der Waals surface area contributed by atoms with Gasteiger partial charge in [0.2, 0.25) is 0 Å². The Morgan fingerprint density at radius 3 is 2.93 bits per heavy atom. The topological polar surface area (TPSA) is 50.2 Å². The minimum atomic E-state index is -0.426. The van der Waals surface area contributed by atoms with E-state index in [1.165, 1.54) is 16.7 Å². The van der Waals surface area contributed by atoms with Crippen LogP contribution in [0.4, 0.5) is 4.39 Å². The molecule has 0 bridgehead atoms. The van der Waals surface area contributed by atoms with Crippen molar-refractivity contribution in [1.29, 1.82) is 0 Å². The van der Waals surface area contributed by atoms with Gasteiger partial charge in [0.15, 0.2) is 0 Å². The Morgan fingerprint density at radius 1 is 1.57 bits per heavy atom. The third kappa shape index (κ3) is 1.21. The fourth-order valence-corrected chi connectivity index (χ4v) is 1.42. The van der Waals surface area contributed by atoms with E-state index in [4.69, 9.17) is 0 Å². The number of hydrogen-bond donors (Lipinski definition) is 1. The smallest absolute Gasteiger partial charge is 0.288 e. The molecule has 0 saturated carbocycles. The van der Waals surface area contributed by atoms with E-state index < -0.39 is 5.82 Å². The Morgan fingerprint density at radius 2 is 2.29 bits per heavy atom. The molecule has 14 heavy (non-hydrogen) atoms. The maximum absolute atomic E-state index is 12.9. The number of aromatic nitrogens is 3. The van der Waals surface area contributed by atoms with Crippen molar-refractivity contribution in [3.8, 4) is 0 Å². The number of fused-ring (bicyclic) bond motifs is 1. The highest BCUT2D eigenvalue weighted by Crippen LogP contribution is 2.12. The second-order valence-electron chi connectivity index (χ2n) is 3.48. The summed E-state index contributed by atoms with van der Waals surface area (Å²) in [4.78, 5) is 11.3. The molecule has 0 aliphatic rings. The van der Waals surface area contributed by atoms with Crippen LogP contribution >= 0.6 is 0 Å². The van der Waals surface area contributed by atoms with Gasteiger partial charge in [-0.15, -0.1) is 0 Å². The van der Waals surface area contributed by atoms with Gasteiger partial charge in [0.05, 0.1) is 0 Å². The monoisotopic (exact) mass is 195 g/mol. The number of nitrogens with zero attached hydrogens (tertiary/aromatic N) is 2. The van der Waals surface area contributed by atoms with E-state index in [-0.39, 0.29) is 11.5 Å². The van der Waals surface area contributed by atoms with Gasteiger partial charge in [0.25, 0.3) is 5.56 Å². The molecule has 4 nitrogen and oxygen atoms in total. The number of aromatic amines is 1. The van der Waals surface area contributed by atoms with Gasteiger partial charge in [-0.2, -0.15) is 5.10 Å². The molecule has 0 aliphatic heterocycles. The van der Waals surface area contributed by atoms with Crippen LogP contribution in [0.25, 0.3) is 5.52 Å². The summed E-state index contributed by atoms with van der Waals surface area (Å²) in [7, 11) is 0. The molecule has 1 N–H and O–H groups in total. The minimum absolute atomic E-state index is 0.126. The summed E-state index contributed by atoms with van der Waals surface area (Å²) in [5.41, 5.74) is -0.0838. The van der Waals surface area contributed by atoms with E-state index in [0.717, 1.165) is 0 Å². The predicted molar refractivity (Wildman–Crippen MR) is 49.9 cm³/mol. The van der Waals surface area contributed by atoms with Crippen LogP contribution in [0.5, 0.6) is 0 Å². The Bertz CT molecular complexity index is 526. The van der Waals surface area contributed by atoms with E-state index in [9.17, 15) is 9.18 Å². The highest BCUT2D eigenvalue weighted by atomic mass is 19.1. The summed E-state index contributed by atoms with van der Waals surface area (Å²) in [5.74, 6) is 0.343. The number of nitrogens with one attached hydrogen (secondary N) is 1. The van der Waals surface area contributed by atoms with E-state index >= 15 is 0 Å². The molecule has 0 radical (unpaired) electrons. The molecule has 2 aromatic heterocycles. The van der Waals surface area contributed by atoms with Crippen molar-refractivity contribution in [2.24, 2.45) is 0 Å². The standard InChI is InChI=1S/C9H10FN3O/c1-5(2)8-11-12-9(14)7-3-6(10)4-13(7)8/h3-5H,1-2H3,(H,12,14). The lowest BCUT2D eigenvalue weighted by atomic mass is 10.2. The molecule has 0 aromatic carbocycles. The van der Waals surface area contributed by atoms with Crippen molar-refractivity contribution >= 4 is 5.52 Å². The van der Waals surface area contributed by atoms with Crippen LogP contribution in [-0.4, -0.2) is 14.6 Å². The van der Waals surface area contributed by atoms with Gasteiger partial charge in [-0.3, -0.25) is 9.20 Å². The highest BCUT2D eigenvalue weighted by molar-refractivity contribution is 5.45. The average Bonchev–Trinajstić information content (AvgIpc) is 2.47. The van der Waals surface area contributed by atoms with Crippen LogP contribution in [0.15, 0.2) is 17.1 Å². The lowest BCUT2D eigenvalue weighted by Gasteiger charge is -2.05. The fourth-order valence-electron chi connectivity index (χ4n) is 1.42. The molecule has 0 unspecified atom stereocenters. The van der Waals surface area contributed by atoms with Crippen molar-refractivity contribution in [1.82, 2.24) is 14.6 Å². The fraction of sp³-hybridized carbons (Fsp3) is 0.333. The molecule has 0 fully saturated rings. The van der Waals surface area contributed by atoms with Crippen molar-refractivity contribution in [2.75, 3.05) is 0 Å². The summed E-state index contributed by atoms with van der Waals surface area (Å²) in [6.45, 7) is 3.86. The molecule has 0 spiro atoms. The largest absolute Gasteiger partial charge is 0.295 e. The zero-order valence-corrected chi connectivity index (χ0v) is 7.91. The zero-order chi connectivity index (χ0) is 10.3. The van der Waals surface area contributed by atoms with Gasteiger partial charge >= 0.3 is 0 Å². The number of rotatable bonds is 1. The molecule has 74 valence electrons. The molecular weight excluding hydrogens is 185 g/mol. The molecule has 2 heterocycles. The van der Waals surface area contributed by atoms with E-state index in [2.05, 4.69) is 10.2 Å². The van der Waals surface area contributed by atoms with Crippen LogP contribution in [0, 0.1) is 5.82 Å². The summed E-state index contributed by atoms with van der Waals surface area (Å²) < 4.78 is 14.4. The Balaban J connectivity index is 2.88. The maximum Gasteiger partial charge on any atom is 0.288 e. The van der Waals surface area contributed by atoms with Crippen LogP contribution in [0.3, 0.4) is 0 Å². The van der Waals surface area contributed by atoms with Crippen LogP contribution < -0.4 is 5.56 Å². The van der Waals surface area contributed by atoms with Crippen molar-refractivity contribution in [3.05, 3.63) is 34.3 Å². The summed E-state index contributed by atoms with van der Waals surface area (Å²) in [6.07, 6.45) is 1.27. The maximum atomic E-state index is 12.9. The predicted octanol–water partition coefficient (Wildman–Crippen LogP) is 1.29. The van der Waals surface area contributed by atoms with Gasteiger partial charge < -0.3 is 0 Å². The van der Waals surface area contributed by atoms with Gasteiger partial charge in [-0.1, -0.05) is 13.8 Å². The normalized spacial score (nSPS) is 11.4. The van der Waals surface area contributed by atoms with Gasteiger partial charge in [0, 0.05) is 18.2 Å². The number of halogens is 1. The van der Waals surface area contributed by atoms with Crippen molar-refractivity contribution in [3.63, 3.8) is 0 Å². The molecule has 2 aromatic rings. The molecule has 0 atom stereocenters. The first-order valence-electron chi connectivity index (χ1n) is 4.36. The number of hydrogen-bond acceptors (Lipinski definition) is 2. The first-order valence-corrected chi connectivity index (χ1v) is 4.36. The molecule has 0 saturated heterocycles. The van der Waals surface area contributed by atoms with Gasteiger partial charge in [0.1, 0.15) is 17.2 Å². The number of H-pyrrole nitrogens is 1. The first-order chi connectivity index (χ1) is 6.59. The minimum Gasteiger partial charge on any atom is -0.295 e. The summed E-state index contributed by atoms with van der Waals surface area (Å²) in [6, 6.07) is 1.20. The second kappa shape index (κ2) is 2.94. The molecule has 2 rings (SSSR count). The van der Waals surface area contributed by atoms with Crippen LogP contribution in [-0.2, 0) is 0 Å². The molecule has 0 amide bonds. The highest BCUT2D eigenvalue weighted by Gasteiger charge is 2.10. The lowest BCUT2D eigenvalue weighted by Crippen LogP contribution is -2.15. The Hall–Kier alpha value is -1.65. The Labute approximate surface area is 79.4 Å². The lowest BCUT2D eigenvalue weighted by molar-refractivity contribution is 0.624. The van der Waals surface area contributed by atoms with E-state index in [1.54, 1.807) is 0 Å². The molecule has 5 heteroatoms. The first kappa shape index (κ1) is 8.93. The zero-order valence-electron chi connectivity index (χ0n) is 7.91. The third-order valence-electron chi connectivity index (χ3n) is 2.05. The van der Waals surface area contributed by atoms with E-state index in [1.807, 2.05) is 13.8 Å². The Kier molecular flexibility index (Phi) is 1.87. The molecule has 0 aliphatic carbocycles. The second-order valence-corrected chi connectivity index (χ2v) is 3.48. The van der Waals surface area contributed by atoms with Gasteiger partial charge in [-0.05, 0) is 0 Å². The van der Waals surface area contributed by atoms with Crippen molar-refractivity contribution in [2.45, 2.75) is 19.8 Å². The van der Waals surface area contributed by atoms with E-state index in [0.29, 0.717) is 11.3 Å².